The van der Waals surface area contributed by atoms with Crippen LogP contribution in [0.5, 0.6) is 0 Å². The Balaban J connectivity index is 1.32. The molecule has 1 aromatic heterocycles. The van der Waals surface area contributed by atoms with Gasteiger partial charge in [-0.1, -0.05) is 54.6 Å². The van der Waals surface area contributed by atoms with E-state index in [9.17, 15) is 9.59 Å². The van der Waals surface area contributed by atoms with E-state index in [0.29, 0.717) is 31.0 Å². The lowest BCUT2D eigenvalue weighted by Gasteiger charge is -2.27. The Morgan fingerprint density at radius 3 is 2.73 bits per heavy atom. The third kappa shape index (κ3) is 3.49. The maximum absolute atomic E-state index is 12.9. The van der Waals surface area contributed by atoms with E-state index in [-0.39, 0.29) is 17.9 Å². The monoisotopic (exact) mass is 400 g/mol. The number of nitrogens with zero attached hydrogens (tertiary/aromatic N) is 3. The van der Waals surface area contributed by atoms with Crippen molar-refractivity contribution >= 4 is 11.8 Å². The van der Waals surface area contributed by atoms with Crippen LogP contribution in [-0.4, -0.2) is 33.0 Å². The predicted octanol–water partition coefficient (Wildman–Crippen LogP) is 3.35. The minimum atomic E-state index is -0.221. The molecule has 1 aliphatic heterocycles. The fourth-order valence-corrected chi connectivity index (χ4v) is 4.44. The zero-order valence-corrected chi connectivity index (χ0v) is 16.8. The van der Waals surface area contributed by atoms with Crippen LogP contribution in [-0.2, 0) is 19.5 Å². The first kappa shape index (κ1) is 18.6. The molecule has 0 radical (unpaired) electrons. The van der Waals surface area contributed by atoms with Crippen molar-refractivity contribution in [1.82, 2.24) is 20.0 Å². The second-order valence-corrected chi connectivity index (χ2v) is 7.97. The van der Waals surface area contributed by atoms with Crippen LogP contribution in [0.25, 0.3) is 0 Å². The van der Waals surface area contributed by atoms with Crippen LogP contribution in [0.3, 0.4) is 0 Å². The number of nitrogens with one attached hydrogen (secondary N) is 1. The van der Waals surface area contributed by atoms with Crippen molar-refractivity contribution in [3.05, 3.63) is 88.7 Å². The first-order valence-electron chi connectivity index (χ1n) is 10.5. The van der Waals surface area contributed by atoms with Crippen LogP contribution in [0.15, 0.2) is 60.7 Å². The third-order valence-electron chi connectivity index (χ3n) is 5.99. The molecule has 2 amide bonds. The molecule has 2 aliphatic rings. The number of benzene rings is 2. The van der Waals surface area contributed by atoms with Crippen LogP contribution < -0.4 is 5.32 Å². The summed E-state index contributed by atoms with van der Waals surface area (Å²) in [6, 6.07) is 19.8. The first-order valence-corrected chi connectivity index (χ1v) is 10.5. The van der Waals surface area contributed by atoms with Gasteiger partial charge in [-0.05, 0) is 36.0 Å². The fraction of sp³-hybridized carbons (Fsp3) is 0.292. The highest BCUT2D eigenvalue weighted by atomic mass is 16.2. The zero-order chi connectivity index (χ0) is 20.5. The van der Waals surface area contributed by atoms with Gasteiger partial charge in [-0.25, -0.2) is 0 Å². The summed E-state index contributed by atoms with van der Waals surface area (Å²) >= 11 is 0. The van der Waals surface area contributed by atoms with Crippen molar-refractivity contribution in [2.24, 2.45) is 0 Å². The van der Waals surface area contributed by atoms with Gasteiger partial charge in [-0.2, -0.15) is 5.10 Å². The molecule has 0 bridgehead atoms. The molecule has 1 N–H and O–H groups in total. The summed E-state index contributed by atoms with van der Waals surface area (Å²) in [5.74, 6) is -0.305. The molecule has 152 valence electrons. The highest BCUT2D eigenvalue weighted by molar-refractivity contribution is 5.98. The van der Waals surface area contributed by atoms with Crippen LogP contribution in [0, 0.1) is 0 Å². The number of hydrogen-bond donors (Lipinski definition) is 1. The highest BCUT2D eigenvalue weighted by Gasteiger charge is 2.29. The van der Waals surface area contributed by atoms with Crippen LogP contribution >= 0.6 is 0 Å². The van der Waals surface area contributed by atoms with Crippen molar-refractivity contribution < 1.29 is 9.59 Å². The number of aromatic nitrogens is 2. The molecule has 1 atom stereocenters. The molecule has 1 aliphatic carbocycles. The second-order valence-electron chi connectivity index (χ2n) is 7.97. The highest BCUT2D eigenvalue weighted by Crippen LogP contribution is 2.29. The molecule has 5 rings (SSSR count). The number of carbonyl (C=O) groups excluding carboxylic acids is 2. The summed E-state index contributed by atoms with van der Waals surface area (Å²) in [7, 11) is 0. The van der Waals surface area contributed by atoms with Gasteiger partial charge in [0.15, 0.2) is 5.69 Å². The van der Waals surface area contributed by atoms with Gasteiger partial charge in [0.05, 0.1) is 12.6 Å². The summed E-state index contributed by atoms with van der Waals surface area (Å²) in [4.78, 5) is 27.7. The van der Waals surface area contributed by atoms with Gasteiger partial charge < -0.3 is 10.2 Å². The molecule has 0 fully saturated rings. The molecule has 6 nitrogen and oxygen atoms in total. The van der Waals surface area contributed by atoms with Crippen molar-refractivity contribution in [3.63, 3.8) is 0 Å². The van der Waals surface area contributed by atoms with Gasteiger partial charge in [-0.3, -0.25) is 14.3 Å². The largest absolute Gasteiger partial charge is 0.344 e. The van der Waals surface area contributed by atoms with Gasteiger partial charge in [0.1, 0.15) is 5.69 Å². The van der Waals surface area contributed by atoms with Gasteiger partial charge in [0.25, 0.3) is 11.8 Å². The van der Waals surface area contributed by atoms with Crippen molar-refractivity contribution in [3.8, 4) is 0 Å². The standard InChI is InChI=1S/C24H24N4O2/c29-23(25-20-12-6-10-18-9-4-5-11-19(18)20)21-15-22-24(30)27(13-14-28(22)26-21)16-17-7-2-1-3-8-17/h1-5,7-9,11,15,20H,6,10,12-14,16H2,(H,25,29). The molecular weight excluding hydrogens is 376 g/mol. The van der Waals surface area contributed by atoms with E-state index in [2.05, 4.69) is 22.5 Å². The quantitative estimate of drug-likeness (QED) is 0.730. The van der Waals surface area contributed by atoms with E-state index in [1.54, 1.807) is 10.7 Å². The van der Waals surface area contributed by atoms with Crippen molar-refractivity contribution in [1.29, 1.82) is 0 Å². The van der Waals surface area contributed by atoms with Gasteiger partial charge in [0.2, 0.25) is 0 Å². The fourth-order valence-electron chi connectivity index (χ4n) is 4.44. The predicted molar refractivity (Wildman–Crippen MR) is 113 cm³/mol. The van der Waals surface area contributed by atoms with Crippen molar-refractivity contribution in [2.75, 3.05) is 6.54 Å². The molecule has 6 heteroatoms. The molecule has 0 saturated heterocycles. The summed E-state index contributed by atoms with van der Waals surface area (Å²) in [6.07, 6.45) is 3.02. The Labute approximate surface area is 175 Å². The Bertz CT molecular complexity index is 1090. The van der Waals surface area contributed by atoms with E-state index in [1.165, 1.54) is 11.1 Å². The third-order valence-corrected chi connectivity index (χ3v) is 5.99. The second kappa shape index (κ2) is 7.78. The molecule has 2 aromatic carbocycles. The number of fused-ring (bicyclic) bond motifs is 2. The topological polar surface area (TPSA) is 67.2 Å². The van der Waals surface area contributed by atoms with E-state index in [1.807, 2.05) is 47.4 Å². The van der Waals surface area contributed by atoms with Gasteiger partial charge in [-0.15, -0.1) is 0 Å². The van der Waals surface area contributed by atoms with Gasteiger partial charge in [0, 0.05) is 19.2 Å². The minimum absolute atomic E-state index is 0.00791. The molecule has 1 unspecified atom stereocenters. The lowest BCUT2D eigenvalue weighted by molar-refractivity contribution is 0.0683. The first-order chi connectivity index (χ1) is 14.7. The van der Waals surface area contributed by atoms with E-state index in [4.69, 9.17) is 0 Å². The maximum Gasteiger partial charge on any atom is 0.272 e. The van der Waals surface area contributed by atoms with Crippen LogP contribution in [0.1, 0.15) is 56.6 Å². The Morgan fingerprint density at radius 2 is 1.87 bits per heavy atom. The summed E-state index contributed by atoms with van der Waals surface area (Å²) in [5.41, 5.74) is 4.36. The van der Waals surface area contributed by atoms with E-state index < -0.39 is 0 Å². The molecule has 0 saturated carbocycles. The molecule has 30 heavy (non-hydrogen) atoms. The minimum Gasteiger partial charge on any atom is -0.344 e. The maximum atomic E-state index is 12.9. The average Bonchev–Trinajstić information content (AvgIpc) is 3.22. The average molecular weight is 400 g/mol. The summed E-state index contributed by atoms with van der Waals surface area (Å²) in [5, 5.41) is 7.55. The molecule has 2 heterocycles. The SMILES string of the molecule is O=C(NC1CCCc2ccccc21)c1cc2n(n1)CCN(Cc1ccccc1)C2=O. The lowest BCUT2D eigenvalue weighted by Crippen LogP contribution is -2.39. The lowest BCUT2D eigenvalue weighted by atomic mass is 9.87. The smallest absolute Gasteiger partial charge is 0.272 e. The van der Waals surface area contributed by atoms with Gasteiger partial charge >= 0.3 is 0 Å². The summed E-state index contributed by atoms with van der Waals surface area (Å²) < 4.78 is 1.66. The van der Waals surface area contributed by atoms with Crippen molar-refractivity contribution in [2.45, 2.75) is 38.4 Å². The Kier molecular flexibility index (Phi) is 4.83. The molecular formula is C24H24N4O2. The normalized spacial score (nSPS) is 17.9. The number of rotatable bonds is 4. The van der Waals surface area contributed by atoms with E-state index >= 15 is 0 Å². The number of hydrogen-bond acceptors (Lipinski definition) is 3. The van der Waals surface area contributed by atoms with Crippen LogP contribution in [0.2, 0.25) is 0 Å². The van der Waals surface area contributed by atoms with Crippen LogP contribution in [0.4, 0.5) is 0 Å². The Hall–Kier alpha value is -3.41. The number of carbonyl (C=O) groups is 2. The molecule has 0 spiro atoms. The Morgan fingerprint density at radius 1 is 1.07 bits per heavy atom. The number of aryl methyl sites for hydroxylation is 1. The number of amides is 2. The summed E-state index contributed by atoms with van der Waals surface area (Å²) in [6.45, 7) is 1.73. The van der Waals surface area contributed by atoms with E-state index in [0.717, 1.165) is 24.8 Å². The molecule has 3 aromatic rings. The zero-order valence-electron chi connectivity index (χ0n) is 16.8.